The maximum absolute atomic E-state index is 2.45. The van der Waals surface area contributed by atoms with Gasteiger partial charge in [-0.25, -0.2) is 0 Å². The van der Waals surface area contributed by atoms with E-state index in [1.54, 1.807) is 0 Å². The second-order valence-electron chi connectivity index (χ2n) is 12.3. The van der Waals surface area contributed by atoms with Gasteiger partial charge in [-0.05, 0) is 68.6 Å². The number of nitrogens with zero attached hydrogens (tertiary/aromatic N) is 1. The highest BCUT2D eigenvalue weighted by molar-refractivity contribution is 6.19. The summed E-state index contributed by atoms with van der Waals surface area (Å²) in [6.45, 7) is 11.6. The minimum absolute atomic E-state index is 0.129. The summed E-state index contributed by atoms with van der Waals surface area (Å²) in [4.78, 5) is 0. The lowest BCUT2D eigenvalue weighted by Crippen LogP contribution is -2.21. The average molecular weight is 492 g/mol. The lowest BCUT2D eigenvalue weighted by molar-refractivity contribution is 0.590. The van der Waals surface area contributed by atoms with E-state index in [9.17, 15) is 0 Å². The van der Waals surface area contributed by atoms with Gasteiger partial charge in [0.25, 0.3) is 0 Å². The Hall–Kier alpha value is -4.10. The van der Waals surface area contributed by atoms with Gasteiger partial charge in [-0.1, -0.05) is 120 Å². The number of aromatic nitrogens is 1. The third kappa shape index (κ3) is 3.24. The molecule has 0 fully saturated rings. The molecule has 0 aliphatic heterocycles. The van der Waals surface area contributed by atoms with Crippen molar-refractivity contribution in [1.29, 1.82) is 0 Å². The first-order chi connectivity index (χ1) is 18.2. The molecule has 38 heavy (non-hydrogen) atoms. The minimum Gasteiger partial charge on any atom is -0.309 e. The van der Waals surface area contributed by atoms with Gasteiger partial charge in [0, 0.05) is 21.9 Å². The zero-order chi connectivity index (χ0) is 26.2. The van der Waals surface area contributed by atoms with E-state index in [1.807, 2.05) is 0 Å². The smallest absolute Gasteiger partial charge is 0.0547 e. The third-order valence-electron chi connectivity index (χ3n) is 8.55. The normalized spacial score (nSPS) is 14.1. The van der Waals surface area contributed by atoms with Gasteiger partial charge >= 0.3 is 0 Å². The molecule has 186 valence electrons. The summed E-state index contributed by atoms with van der Waals surface area (Å²) in [7, 11) is 0. The quantitative estimate of drug-likeness (QED) is 0.227. The number of para-hydroxylation sites is 1. The highest BCUT2D eigenvalue weighted by atomic mass is 15.0. The van der Waals surface area contributed by atoms with E-state index in [4.69, 9.17) is 0 Å². The van der Waals surface area contributed by atoms with Gasteiger partial charge in [0.1, 0.15) is 0 Å². The van der Waals surface area contributed by atoms with E-state index in [-0.39, 0.29) is 10.8 Å². The Morgan fingerprint density at radius 2 is 1.29 bits per heavy atom. The summed E-state index contributed by atoms with van der Waals surface area (Å²) in [5.74, 6) is 0. The molecule has 1 aliphatic rings. The molecule has 0 saturated heterocycles. The molecule has 0 saturated carbocycles. The van der Waals surface area contributed by atoms with Crippen LogP contribution in [0.1, 0.15) is 51.3 Å². The first kappa shape index (κ1) is 23.0. The zero-order valence-corrected chi connectivity index (χ0v) is 22.8. The van der Waals surface area contributed by atoms with E-state index >= 15 is 0 Å². The van der Waals surface area contributed by atoms with E-state index < -0.39 is 0 Å². The monoisotopic (exact) mass is 491 g/mol. The van der Waals surface area contributed by atoms with Gasteiger partial charge in [-0.3, -0.25) is 0 Å². The molecule has 7 rings (SSSR count). The van der Waals surface area contributed by atoms with Crippen molar-refractivity contribution in [2.24, 2.45) is 0 Å². The number of benzene rings is 5. The molecule has 1 aliphatic carbocycles. The van der Waals surface area contributed by atoms with Crippen LogP contribution in [0.15, 0.2) is 109 Å². The van der Waals surface area contributed by atoms with Crippen molar-refractivity contribution in [3.05, 3.63) is 126 Å². The van der Waals surface area contributed by atoms with Crippen LogP contribution in [0.4, 0.5) is 0 Å². The summed E-state index contributed by atoms with van der Waals surface area (Å²) in [6.07, 6.45) is 0. The standard InChI is InChI=1S/C37H33N/c1-36(2,3)26-19-17-24(18-20-26)30-21-22-32-34-33-29(25-11-9-12-27(23-25)37(4,5)35(30)34)15-10-16-31(33)38(32)28-13-7-6-8-14-28/h6-23H,1-5H3. The van der Waals surface area contributed by atoms with Crippen LogP contribution in [0, 0.1) is 0 Å². The Labute approximate surface area is 225 Å². The first-order valence-corrected chi connectivity index (χ1v) is 13.6. The van der Waals surface area contributed by atoms with Crippen molar-refractivity contribution in [1.82, 2.24) is 4.57 Å². The van der Waals surface area contributed by atoms with Crippen molar-refractivity contribution < 1.29 is 0 Å². The van der Waals surface area contributed by atoms with Crippen LogP contribution in [-0.4, -0.2) is 4.57 Å². The van der Waals surface area contributed by atoms with E-state index in [0.717, 1.165) is 0 Å². The summed E-state index contributed by atoms with van der Waals surface area (Å²) in [6, 6.07) is 40.7. The van der Waals surface area contributed by atoms with Gasteiger partial charge in [0.2, 0.25) is 0 Å². The molecule has 1 nitrogen and oxygen atoms in total. The maximum Gasteiger partial charge on any atom is 0.0547 e. The molecule has 1 aromatic heterocycles. The lowest BCUT2D eigenvalue weighted by atomic mass is 9.71. The predicted molar refractivity (Wildman–Crippen MR) is 162 cm³/mol. The van der Waals surface area contributed by atoms with Crippen LogP contribution in [0.25, 0.3) is 49.7 Å². The molecule has 6 aromatic rings. The van der Waals surface area contributed by atoms with E-state index in [0.29, 0.717) is 0 Å². The summed E-state index contributed by atoms with van der Waals surface area (Å²) < 4.78 is 2.45. The number of hydrogen-bond acceptors (Lipinski definition) is 0. The van der Waals surface area contributed by atoms with Gasteiger partial charge in [-0.15, -0.1) is 0 Å². The number of rotatable bonds is 2. The Bertz CT molecular complexity index is 1840. The number of hydrogen-bond donors (Lipinski definition) is 0. The van der Waals surface area contributed by atoms with Crippen LogP contribution >= 0.6 is 0 Å². The second-order valence-corrected chi connectivity index (χ2v) is 12.3. The van der Waals surface area contributed by atoms with Gasteiger partial charge in [-0.2, -0.15) is 0 Å². The molecule has 0 amide bonds. The molecule has 1 heterocycles. The van der Waals surface area contributed by atoms with Crippen LogP contribution in [-0.2, 0) is 10.8 Å². The lowest BCUT2D eigenvalue weighted by Gasteiger charge is -2.32. The van der Waals surface area contributed by atoms with Crippen molar-refractivity contribution in [3.8, 4) is 27.9 Å². The fourth-order valence-corrected chi connectivity index (χ4v) is 6.51. The zero-order valence-electron chi connectivity index (χ0n) is 22.8. The topological polar surface area (TPSA) is 4.93 Å². The van der Waals surface area contributed by atoms with Crippen molar-refractivity contribution >= 4 is 21.8 Å². The summed E-state index contributed by atoms with van der Waals surface area (Å²) >= 11 is 0. The van der Waals surface area contributed by atoms with Gasteiger partial charge < -0.3 is 4.57 Å². The average Bonchev–Trinajstić information content (AvgIpc) is 3.26. The molecule has 2 bridgehead atoms. The SMILES string of the molecule is CC(C)(C)c1ccc(-c2ccc3c4c2C(C)(C)c2cccc(c2)-c2cccc(c24)n3-c2ccccc2)cc1. The minimum atomic E-state index is -0.184. The molecule has 1 heteroatoms. The molecular formula is C37H33N. The molecule has 0 radical (unpaired) electrons. The van der Waals surface area contributed by atoms with Crippen molar-refractivity contribution in [3.63, 3.8) is 0 Å². The highest BCUT2D eigenvalue weighted by Crippen LogP contribution is 2.50. The van der Waals surface area contributed by atoms with Gasteiger partial charge in [0.05, 0.1) is 11.0 Å². The molecule has 0 spiro atoms. The van der Waals surface area contributed by atoms with Crippen LogP contribution < -0.4 is 0 Å². The van der Waals surface area contributed by atoms with E-state index in [1.165, 1.54) is 66.4 Å². The third-order valence-corrected chi connectivity index (χ3v) is 8.55. The molecule has 5 aromatic carbocycles. The predicted octanol–water partition coefficient (Wildman–Crippen LogP) is 10.1. The molecule has 0 unspecified atom stereocenters. The molecular weight excluding hydrogens is 458 g/mol. The summed E-state index contributed by atoms with van der Waals surface area (Å²) in [5, 5.41) is 2.72. The second kappa shape index (κ2) is 7.95. The number of fused-ring (bicyclic) bond motifs is 3. The van der Waals surface area contributed by atoms with Crippen molar-refractivity contribution in [2.75, 3.05) is 0 Å². The fourth-order valence-electron chi connectivity index (χ4n) is 6.51. The van der Waals surface area contributed by atoms with Crippen LogP contribution in [0.5, 0.6) is 0 Å². The molecule has 0 N–H and O–H groups in total. The first-order valence-electron chi connectivity index (χ1n) is 13.6. The summed E-state index contributed by atoms with van der Waals surface area (Å²) in [5.41, 5.74) is 13.0. The maximum atomic E-state index is 2.45. The Morgan fingerprint density at radius 3 is 2.03 bits per heavy atom. The van der Waals surface area contributed by atoms with Crippen LogP contribution in [0.2, 0.25) is 0 Å². The van der Waals surface area contributed by atoms with Crippen LogP contribution in [0.3, 0.4) is 0 Å². The van der Waals surface area contributed by atoms with E-state index in [2.05, 4.69) is 148 Å². The highest BCUT2D eigenvalue weighted by Gasteiger charge is 2.33. The fraction of sp³-hybridized carbons (Fsp3) is 0.189. The Balaban J connectivity index is 1.67. The Morgan fingerprint density at radius 1 is 0.579 bits per heavy atom. The Kier molecular flexibility index (Phi) is 4.82. The van der Waals surface area contributed by atoms with Gasteiger partial charge in [0.15, 0.2) is 0 Å². The van der Waals surface area contributed by atoms with Crippen molar-refractivity contribution in [2.45, 2.75) is 45.4 Å². The largest absolute Gasteiger partial charge is 0.309 e. The molecule has 0 atom stereocenters.